The van der Waals surface area contributed by atoms with Crippen LogP contribution in [0, 0.1) is 13.8 Å². The van der Waals surface area contributed by atoms with E-state index in [1.165, 1.54) is 11.8 Å². The normalized spacial score (nSPS) is 15.0. The summed E-state index contributed by atoms with van der Waals surface area (Å²) in [7, 11) is -3.60. The second kappa shape index (κ2) is 5.97. The fourth-order valence-electron chi connectivity index (χ4n) is 1.88. The predicted octanol–water partition coefficient (Wildman–Crippen LogP) is 1.76. The maximum absolute atomic E-state index is 12.0. The van der Waals surface area contributed by atoms with E-state index < -0.39 is 21.5 Å². The van der Waals surface area contributed by atoms with Crippen LogP contribution in [0.1, 0.15) is 11.1 Å². The number of sulfone groups is 1. The molecule has 1 heterocycles. The molecule has 0 spiro atoms. The number of aliphatic imine (C=N–C) groups is 1. The van der Waals surface area contributed by atoms with Gasteiger partial charge in [-0.2, -0.15) is 0 Å². The number of nitrogens with one attached hydrogen (secondary N) is 1. The van der Waals surface area contributed by atoms with Gasteiger partial charge < -0.3 is 5.32 Å². The van der Waals surface area contributed by atoms with E-state index in [0.717, 1.165) is 11.1 Å². The number of hydrogen-bond donors (Lipinski definition) is 1. The number of thioether (sulfide) groups is 1. The van der Waals surface area contributed by atoms with Crippen molar-refractivity contribution < 1.29 is 13.2 Å². The van der Waals surface area contributed by atoms with Crippen LogP contribution in [0.25, 0.3) is 0 Å². The number of carbonyl (C=O) groups excluding carboxylic acids is 1. The van der Waals surface area contributed by atoms with E-state index in [4.69, 9.17) is 0 Å². The Morgan fingerprint density at radius 3 is 2.75 bits per heavy atom. The highest BCUT2D eigenvalue weighted by Gasteiger charge is 2.26. The minimum atomic E-state index is -3.60. The third kappa shape index (κ3) is 3.61. The van der Waals surface area contributed by atoms with Gasteiger partial charge in [0.15, 0.2) is 4.38 Å². The number of anilines is 1. The Bertz CT molecular complexity index is 666. The van der Waals surface area contributed by atoms with Crippen LogP contribution in [0.15, 0.2) is 23.2 Å². The van der Waals surface area contributed by atoms with Gasteiger partial charge in [-0.15, -0.1) is 0 Å². The van der Waals surface area contributed by atoms with Crippen LogP contribution in [0.5, 0.6) is 0 Å². The average Bonchev–Trinajstić information content (AvgIpc) is 2.86. The number of aryl methyl sites for hydroxylation is 2. The molecular weight excluding hydrogens is 296 g/mol. The van der Waals surface area contributed by atoms with Gasteiger partial charge in [0, 0.05) is 11.4 Å². The Kier molecular flexibility index (Phi) is 4.49. The van der Waals surface area contributed by atoms with Crippen molar-refractivity contribution in [3.63, 3.8) is 0 Å². The van der Waals surface area contributed by atoms with E-state index in [9.17, 15) is 13.2 Å². The van der Waals surface area contributed by atoms with E-state index in [1.807, 2.05) is 26.0 Å². The van der Waals surface area contributed by atoms with Crippen LogP contribution in [0.4, 0.5) is 5.69 Å². The summed E-state index contributed by atoms with van der Waals surface area (Å²) in [5, 5.41) is 2.63. The number of carbonyl (C=O) groups is 1. The molecule has 0 radical (unpaired) electrons. The smallest absolute Gasteiger partial charge is 0.240 e. The van der Waals surface area contributed by atoms with Crippen molar-refractivity contribution in [3.8, 4) is 0 Å². The molecule has 1 amide bonds. The molecule has 1 aromatic rings. The van der Waals surface area contributed by atoms with Gasteiger partial charge in [0.2, 0.25) is 15.7 Å². The SMILES string of the molecule is Cc1ccc(NC(=O)CS(=O)(=O)C2=NCCS2)c(C)c1. The van der Waals surface area contributed by atoms with E-state index >= 15 is 0 Å². The van der Waals surface area contributed by atoms with Gasteiger partial charge in [-0.1, -0.05) is 29.5 Å². The third-order valence-corrected chi connectivity index (χ3v) is 5.98. The summed E-state index contributed by atoms with van der Waals surface area (Å²) in [5.41, 5.74) is 2.63. The molecule has 0 aromatic heterocycles. The molecule has 0 saturated heterocycles. The molecule has 0 unspecified atom stereocenters. The molecule has 1 aromatic carbocycles. The van der Waals surface area contributed by atoms with Crippen molar-refractivity contribution >= 4 is 37.6 Å². The quantitative estimate of drug-likeness (QED) is 0.923. The van der Waals surface area contributed by atoms with Crippen molar-refractivity contribution in [2.75, 3.05) is 23.4 Å². The lowest BCUT2D eigenvalue weighted by Gasteiger charge is -2.09. The molecule has 20 heavy (non-hydrogen) atoms. The molecule has 1 N–H and O–H groups in total. The van der Waals surface area contributed by atoms with E-state index in [1.54, 1.807) is 6.07 Å². The molecule has 7 heteroatoms. The van der Waals surface area contributed by atoms with E-state index in [-0.39, 0.29) is 4.38 Å². The first kappa shape index (κ1) is 15.1. The lowest BCUT2D eigenvalue weighted by Crippen LogP contribution is -2.26. The third-order valence-electron chi connectivity index (χ3n) is 2.80. The molecule has 0 fully saturated rings. The van der Waals surface area contributed by atoms with Crippen LogP contribution in [0.3, 0.4) is 0 Å². The molecule has 0 aliphatic carbocycles. The highest BCUT2D eigenvalue weighted by atomic mass is 32.3. The summed E-state index contributed by atoms with van der Waals surface area (Å²) in [6.45, 7) is 4.32. The molecule has 5 nitrogen and oxygen atoms in total. The molecule has 0 atom stereocenters. The summed E-state index contributed by atoms with van der Waals surface area (Å²) in [4.78, 5) is 15.8. The predicted molar refractivity (Wildman–Crippen MR) is 83.1 cm³/mol. The molecule has 0 bridgehead atoms. The van der Waals surface area contributed by atoms with Crippen LogP contribution < -0.4 is 5.32 Å². The summed E-state index contributed by atoms with van der Waals surface area (Å²) >= 11 is 1.18. The van der Waals surface area contributed by atoms with Crippen molar-refractivity contribution in [2.45, 2.75) is 13.8 Å². The topological polar surface area (TPSA) is 75.6 Å². The van der Waals surface area contributed by atoms with Gasteiger partial charge >= 0.3 is 0 Å². The summed E-state index contributed by atoms with van der Waals surface area (Å²) in [6.07, 6.45) is 0. The second-order valence-electron chi connectivity index (χ2n) is 4.62. The maximum atomic E-state index is 12.0. The lowest BCUT2D eigenvalue weighted by molar-refractivity contribution is -0.113. The standard InChI is InChI=1S/C13H16N2O3S2/c1-9-3-4-11(10(2)7-9)15-12(16)8-20(17,18)13-14-5-6-19-13/h3-4,7H,5-6,8H2,1-2H3,(H,15,16). The molecule has 2 rings (SSSR count). The van der Waals surface area contributed by atoms with Crippen molar-refractivity contribution in [1.82, 2.24) is 0 Å². The van der Waals surface area contributed by atoms with Gasteiger partial charge in [-0.3, -0.25) is 9.79 Å². The first-order valence-electron chi connectivity index (χ1n) is 6.15. The minimum Gasteiger partial charge on any atom is -0.325 e. The Morgan fingerprint density at radius 2 is 2.15 bits per heavy atom. The fraction of sp³-hybridized carbons (Fsp3) is 0.385. The first-order valence-corrected chi connectivity index (χ1v) is 8.79. The van der Waals surface area contributed by atoms with Crippen LogP contribution in [-0.4, -0.2) is 36.8 Å². The fourth-order valence-corrected chi connectivity index (χ4v) is 4.39. The summed E-state index contributed by atoms with van der Waals surface area (Å²) in [5.74, 6) is -0.438. The van der Waals surface area contributed by atoms with Gasteiger partial charge in [-0.05, 0) is 25.5 Å². The van der Waals surface area contributed by atoms with Gasteiger partial charge in [0.1, 0.15) is 5.75 Å². The minimum absolute atomic E-state index is 0.0771. The zero-order valence-electron chi connectivity index (χ0n) is 11.3. The summed E-state index contributed by atoms with van der Waals surface area (Å²) in [6, 6.07) is 5.58. The molecule has 0 saturated carbocycles. The van der Waals surface area contributed by atoms with Gasteiger partial charge in [0.25, 0.3) is 0 Å². The zero-order chi connectivity index (χ0) is 14.8. The van der Waals surface area contributed by atoms with E-state index in [2.05, 4.69) is 10.3 Å². The Labute approximate surface area is 122 Å². The van der Waals surface area contributed by atoms with Crippen LogP contribution in [0.2, 0.25) is 0 Å². The zero-order valence-corrected chi connectivity index (χ0v) is 13.0. The Balaban J connectivity index is 2.06. The van der Waals surface area contributed by atoms with Crippen LogP contribution >= 0.6 is 11.8 Å². The number of hydrogen-bond acceptors (Lipinski definition) is 5. The van der Waals surface area contributed by atoms with E-state index in [0.29, 0.717) is 18.0 Å². The molecule has 1 aliphatic heterocycles. The van der Waals surface area contributed by atoms with Crippen molar-refractivity contribution in [2.24, 2.45) is 4.99 Å². The Hall–Kier alpha value is -1.34. The average molecular weight is 312 g/mol. The monoisotopic (exact) mass is 312 g/mol. The molecule has 108 valence electrons. The van der Waals surface area contributed by atoms with Crippen LogP contribution in [-0.2, 0) is 14.6 Å². The number of amides is 1. The maximum Gasteiger partial charge on any atom is 0.240 e. The largest absolute Gasteiger partial charge is 0.325 e. The number of rotatable bonds is 3. The Morgan fingerprint density at radius 1 is 1.40 bits per heavy atom. The van der Waals surface area contributed by atoms with Crippen molar-refractivity contribution in [3.05, 3.63) is 29.3 Å². The number of nitrogens with zero attached hydrogens (tertiary/aromatic N) is 1. The highest BCUT2D eigenvalue weighted by molar-refractivity contribution is 8.35. The summed E-state index contributed by atoms with van der Waals surface area (Å²) < 4.78 is 24.0. The van der Waals surface area contributed by atoms with Gasteiger partial charge in [0.05, 0.1) is 6.54 Å². The highest BCUT2D eigenvalue weighted by Crippen LogP contribution is 2.19. The molecular formula is C13H16N2O3S2. The first-order chi connectivity index (χ1) is 9.38. The second-order valence-corrected chi connectivity index (χ2v) is 7.87. The van der Waals surface area contributed by atoms with Gasteiger partial charge in [-0.25, -0.2) is 8.42 Å². The number of benzene rings is 1. The lowest BCUT2D eigenvalue weighted by atomic mass is 10.1. The van der Waals surface area contributed by atoms with Crippen molar-refractivity contribution in [1.29, 1.82) is 0 Å². The molecule has 1 aliphatic rings.